The molecule has 0 spiro atoms. The van der Waals surface area contributed by atoms with Crippen molar-refractivity contribution in [3.8, 4) is 5.75 Å². The first-order valence-corrected chi connectivity index (χ1v) is 7.83. The van der Waals surface area contributed by atoms with Crippen molar-refractivity contribution in [2.75, 3.05) is 18.1 Å². The SMILES string of the molecule is CCOc1ccc(N)c(SCCc2cccs2)c1. The van der Waals surface area contributed by atoms with Gasteiger partial charge in [0.05, 0.1) is 6.61 Å². The molecule has 0 radical (unpaired) electrons. The lowest BCUT2D eigenvalue weighted by molar-refractivity contribution is 0.339. The molecule has 1 aromatic carbocycles. The number of rotatable bonds is 6. The van der Waals surface area contributed by atoms with Crippen molar-refractivity contribution in [3.63, 3.8) is 0 Å². The lowest BCUT2D eigenvalue weighted by atomic mass is 10.3. The van der Waals surface area contributed by atoms with Gasteiger partial charge in [-0.25, -0.2) is 0 Å². The highest BCUT2D eigenvalue weighted by molar-refractivity contribution is 7.99. The van der Waals surface area contributed by atoms with Crippen LogP contribution in [0.15, 0.2) is 40.6 Å². The van der Waals surface area contributed by atoms with Crippen LogP contribution in [0.1, 0.15) is 11.8 Å². The van der Waals surface area contributed by atoms with E-state index in [1.165, 1.54) is 4.88 Å². The van der Waals surface area contributed by atoms with Crippen molar-refractivity contribution in [2.45, 2.75) is 18.2 Å². The molecule has 2 rings (SSSR count). The monoisotopic (exact) mass is 279 g/mol. The van der Waals surface area contributed by atoms with E-state index in [1.54, 1.807) is 23.1 Å². The standard InChI is InChI=1S/C14H17NOS2/c1-2-16-11-5-6-13(15)14(10-11)18-9-7-12-4-3-8-17-12/h3-6,8,10H,2,7,9,15H2,1H3. The first-order valence-electron chi connectivity index (χ1n) is 5.97. The Morgan fingerprint density at radius 2 is 2.22 bits per heavy atom. The third kappa shape index (κ3) is 3.68. The number of nitrogen functional groups attached to an aromatic ring is 1. The molecule has 96 valence electrons. The number of hydrogen-bond donors (Lipinski definition) is 1. The number of aryl methyl sites for hydroxylation is 1. The van der Waals surface area contributed by atoms with Gasteiger partial charge < -0.3 is 10.5 Å². The highest BCUT2D eigenvalue weighted by Gasteiger charge is 2.03. The largest absolute Gasteiger partial charge is 0.494 e. The summed E-state index contributed by atoms with van der Waals surface area (Å²) in [6.07, 6.45) is 1.08. The van der Waals surface area contributed by atoms with E-state index in [2.05, 4.69) is 17.5 Å². The molecule has 2 nitrogen and oxygen atoms in total. The lowest BCUT2D eigenvalue weighted by Gasteiger charge is -2.08. The second-order valence-corrected chi connectivity index (χ2v) is 5.98. The molecule has 1 aromatic heterocycles. The fraction of sp³-hybridized carbons (Fsp3) is 0.286. The Balaban J connectivity index is 1.93. The smallest absolute Gasteiger partial charge is 0.120 e. The van der Waals surface area contributed by atoms with E-state index in [9.17, 15) is 0 Å². The molecule has 4 heteroatoms. The van der Waals surface area contributed by atoms with Crippen LogP contribution in [0.3, 0.4) is 0 Å². The van der Waals surface area contributed by atoms with E-state index in [4.69, 9.17) is 10.5 Å². The van der Waals surface area contributed by atoms with E-state index in [-0.39, 0.29) is 0 Å². The molecular weight excluding hydrogens is 262 g/mol. The van der Waals surface area contributed by atoms with Crippen LogP contribution in [0.2, 0.25) is 0 Å². The first kappa shape index (κ1) is 13.3. The molecule has 0 saturated carbocycles. The second kappa shape index (κ2) is 6.71. The molecule has 2 N–H and O–H groups in total. The van der Waals surface area contributed by atoms with Gasteiger partial charge in [0, 0.05) is 21.2 Å². The summed E-state index contributed by atoms with van der Waals surface area (Å²) in [4.78, 5) is 2.53. The van der Waals surface area contributed by atoms with Gasteiger partial charge in [0.15, 0.2) is 0 Å². The van der Waals surface area contributed by atoms with E-state index >= 15 is 0 Å². The molecule has 0 bridgehead atoms. The van der Waals surface area contributed by atoms with Crippen molar-refractivity contribution in [1.82, 2.24) is 0 Å². The van der Waals surface area contributed by atoms with Crippen molar-refractivity contribution in [2.24, 2.45) is 0 Å². The summed E-state index contributed by atoms with van der Waals surface area (Å²) in [6.45, 7) is 2.67. The quantitative estimate of drug-likeness (QED) is 0.639. The molecule has 2 aromatic rings. The van der Waals surface area contributed by atoms with E-state index in [0.717, 1.165) is 28.5 Å². The third-order valence-corrected chi connectivity index (χ3v) is 4.49. The molecule has 0 unspecified atom stereocenters. The van der Waals surface area contributed by atoms with E-state index < -0.39 is 0 Å². The Hall–Kier alpha value is -1.13. The normalized spacial score (nSPS) is 10.5. The number of benzene rings is 1. The number of nitrogens with two attached hydrogens (primary N) is 1. The molecule has 0 aliphatic heterocycles. The second-order valence-electron chi connectivity index (χ2n) is 3.81. The van der Waals surface area contributed by atoms with Gasteiger partial charge in [0.1, 0.15) is 5.75 Å². The minimum atomic E-state index is 0.684. The van der Waals surface area contributed by atoms with Crippen LogP contribution in [-0.4, -0.2) is 12.4 Å². The minimum Gasteiger partial charge on any atom is -0.494 e. The molecule has 0 saturated heterocycles. The van der Waals surface area contributed by atoms with Crippen molar-refractivity contribution in [3.05, 3.63) is 40.6 Å². The van der Waals surface area contributed by atoms with Crippen LogP contribution in [0.4, 0.5) is 5.69 Å². The van der Waals surface area contributed by atoms with Crippen LogP contribution in [0.5, 0.6) is 5.75 Å². The molecule has 18 heavy (non-hydrogen) atoms. The zero-order valence-electron chi connectivity index (χ0n) is 10.4. The number of anilines is 1. The maximum Gasteiger partial charge on any atom is 0.120 e. The van der Waals surface area contributed by atoms with Gasteiger partial charge in [-0.1, -0.05) is 6.07 Å². The Bertz CT molecular complexity index is 483. The number of ether oxygens (including phenoxy) is 1. The minimum absolute atomic E-state index is 0.684. The van der Waals surface area contributed by atoms with Crippen LogP contribution in [0.25, 0.3) is 0 Å². The topological polar surface area (TPSA) is 35.2 Å². The summed E-state index contributed by atoms with van der Waals surface area (Å²) in [5, 5.41) is 2.12. The molecule has 0 fully saturated rings. The summed E-state index contributed by atoms with van der Waals surface area (Å²) >= 11 is 3.59. The van der Waals surface area contributed by atoms with Crippen LogP contribution in [0, 0.1) is 0 Å². The van der Waals surface area contributed by atoms with Crippen LogP contribution >= 0.6 is 23.1 Å². The predicted octanol–water partition coefficient (Wildman–Crippen LogP) is 4.06. The molecular formula is C14H17NOS2. The van der Waals surface area contributed by atoms with Gasteiger partial charge in [-0.2, -0.15) is 0 Å². The Morgan fingerprint density at radius 3 is 2.94 bits per heavy atom. The number of hydrogen-bond acceptors (Lipinski definition) is 4. The average Bonchev–Trinajstić information content (AvgIpc) is 2.86. The van der Waals surface area contributed by atoms with E-state index in [0.29, 0.717) is 6.61 Å². The highest BCUT2D eigenvalue weighted by atomic mass is 32.2. The van der Waals surface area contributed by atoms with Gasteiger partial charge >= 0.3 is 0 Å². The van der Waals surface area contributed by atoms with Crippen molar-refractivity contribution < 1.29 is 4.74 Å². The summed E-state index contributed by atoms with van der Waals surface area (Å²) in [5.74, 6) is 1.94. The number of thioether (sulfide) groups is 1. The Labute approximate surface area is 116 Å². The third-order valence-electron chi connectivity index (χ3n) is 2.48. The summed E-state index contributed by atoms with van der Waals surface area (Å²) in [7, 11) is 0. The first-order chi connectivity index (χ1) is 8.79. The van der Waals surface area contributed by atoms with E-state index in [1.807, 2.05) is 25.1 Å². The summed E-state index contributed by atoms with van der Waals surface area (Å²) in [6, 6.07) is 10.1. The summed E-state index contributed by atoms with van der Waals surface area (Å²) in [5.41, 5.74) is 6.80. The average molecular weight is 279 g/mol. The zero-order chi connectivity index (χ0) is 12.8. The molecule has 0 amide bonds. The van der Waals surface area contributed by atoms with Gasteiger partial charge in [0.25, 0.3) is 0 Å². The van der Waals surface area contributed by atoms with Gasteiger partial charge in [0.2, 0.25) is 0 Å². The number of thiophene rings is 1. The van der Waals surface area contributed by atoms with Gasteiger partial charge in [-0.15, -0.1) is 23.1 Å². The lowest BCUT2D eigenvalue weighted by Crippen LogP contribution is -1.95. The maximum atomic E-state index is 5.97. The highest BCUT2D eigenvalue weighted by Crippen LogP contribution is 2.30. The van der Waals surface area contributed by atoms with Crippen LogP contribution in [-0.2, 0) is 6.42 Å². The Kier molecular flexibility index (Phi) is 4.96. The van der Waals surface area contributed by atoms with Crippen LogP contribution < -0.4 is 10.5 Å². The van der Waals surface area contributed by atoms with Gasteiger partial charge in [-0.05, 0) is 43.0 Å². The van der Waals surface area contributed by atoms with Crippen molar-refractivity contribution in [1.29, 1.82) is 0 Å². The molecule has 0 aliphatic carbocycles. The zero-order valence-corrected chi connectivity index (χ0v) is 12.0. The molecule has 1 heterocycles. The molecule has 0 aliphatic rings. The summed E-state index contributed by atoms with van der Waals surface area (Å²) < 4.78 is 5.49. The van der Waals surface area contributed by atoms with Crippen molar-refractivity contribution >= 4 is 28.8 Å². The fourth-order valence-corrected chi connectivity index (χ4v) is 3.43. The van der Waals surface area contributed by atoms with Gasteiger partial charge in [-0.3, -0.25) is 0 Å². The molecule has 0 atom stereocenters. The predicted molar refractivity (Wildman–Crippen MR) is 80.8 cm³/mol. The fourth-order valence-electron chi connectivity index (χ4n) is 1.61. The maximum absolute atomic E-state index is 5.97. The Morgan fingerprint density at radius 1 is 1.33 bits per heavy atom.